The second-order valence-electron chi connectivity index (χ2n) is 8.70. The minimum absolute atomic E-state index is 0. The number of primary amides is 1. The first kappa shape index (κ1) is 27.0. The lowest BCUT2D eigenvalue weighted by Gasteiger charge is -2.34. The molecule has 37 heavy (non-hydrogen) atoms. The Labute approximate surface area is 229 Å². The normalized spacial score (nSPS) is 15.7. The van der Waals surface area contributed by atoms with Crippen molar-refractivity contribution in [3.8, 4) is 22.7 Å². The summed E-state index contributed by atoms with van der Waals surface area (Å²) in [5.41, 5.74) is 7.96. The summed E-state index contributed by atoms with van der Waals surface area (Å²) in [7, 11) is 0. The number of thiophene rings is 1. The van der Waals surface area contributed by atoms with Gasteiger partial charge in [-0.15, -0.1) is 35.1 Å². The number of anilines is 1. The molecule has 2 N–H and O–H groups in total. The molecular weight excluding hydrogens is 530 g/mol. The summed E-state index contributed by atoms with van der Waals surface area (Å²) in [4.78, 5) is 34.5. The van der Waals surface area contributed by atoms with Gasteiger partial charge in [0.1, 0.15) is 11.4 Å². The molecular formula is C26H28ClN5O3S2. The van der Waals surface area contributed by atoms with Crippen LogP contribution in [-0.4, -0.2) is 52.5 Å². The number of halogens is 1. The number of nitrogens with zero attached hydrogens (tertiary/aromatic N) is 4. The molecule has 8 nitrogen and oxygen atoms in total. The Hall–Kier alpha value is -3.05. The highest BCUT2D eigenvalue weighted by molar-refractivity contribution is 7.14. The smallest absolute Gasteiger partial charge is 0.270 e. The molecule has 0 bridgehead atoms. The van der Waals surface area contributed by atoms with Crippen molar-refractivity contribution in [1.29, 1.82) is 0 Å². The van der Waals surface area contributed by atoms with Gasteiger partial charge in [0.05, 0.1) is 10.9 Å². The van der Waals surface area contributed by atoms with Crippen LogP contribution in [0.25, 0.3) is 22.7 Å². The zero-order valence-corrected chi connectivity index (χ0v) is 22.6. The molecule has 1 aliphatic rings. The summed E-state index contributed by atoms with van der Waals surface area (Å²) in [6.45, 7) is 2.03. The Balaban J connectivity index is 0.00000320. The van der Waals surface area contributed by atoms with E-state index in [1.807, 2.05) is 59.3 Å². The van der Waals surface area contributed by atoms with E-state index in [9.17, 15) is 9.59 Å². The minimum Gasteiger partial charge on any atom is -0.368 e. The second kappa shape index (κ2) is 12.5. The van der Waals surface area contributed by atoms with Gasteiger partial charge < -0.3 is 10.3 Å². The number of hydrogen-bond donors (Lipinski definition) is 1. The molecule has 0 unspecified atom stereocenters. The van der Waals surface area contributed by atoms with Crippen molar-refractivity contribution in [1.82, 2.24) is 15.0 Å². The third kappa shape index (κ3) is 6.27. The first-order valence-electron chi connectivity index (χ1n) is 12.0. The maximum Gasteiger partial charge on any atom is 0.270 e. The summed E-state index contributed by atoms with van der Waals surface area (Å²) >= 11 is 2.81. The lowest BCUT2D eigenvalue weighted by molar-refractivity contribution is -0.124. The maximum atomic E-state index is 13.4. The predicted octanol–water partition coefficient (Wildman–Crippen LogP) is 5.33. The van der Waals surface area contributed by atoms with Gasteiger partial charge in [0, 0.05) is 30.1 Å². The van der Waals surface area contributed by atoms with E-state index < -0.39 is 0 Å². The van der Waals surface area contributed by atoms with Crippen LogP contribution in [0.5, 0.6) is 0 Å². The summed E-state index contributed by atoms with van der Waals surface area (Å²) in [6, 6.07) is 15.1. The highest BCUT2D eigenvalue weighted by Crippen LogP contribution is 2.31. The first-order chi connectivity index (χ1) is 17.6. The molecule has 4 aromatic rings. The molecule has 4 heterocycles. The van der Waals surface area contributed by atoms with Gasteiger partial charge in [-0.25, -0.2) is 4.98 Å². The molecule has 2 amide bonds. The minimum atomic E-state index is -0.271. The van der Waals surface area contributed by atoms with Crippen LogP contribution in [0, 0.1) is 0 Å². The Morgan fingerprint density at radius 3 is 2.70 bits per heavy atom. The van der Waals surface area contributed by atoms with Crippen LogP contribution < -0.4 is 10.6 Å². The average molecular weight is 558 g/mol. The monoisotopic (exact) mass is 557 g/mol. The van der Waals surface area contributed by atoms with Gasteiger partial charge in [-0.3, -0.25) is 19.4 Å². The third-order valence-electron chi connectivity index (χ3n) is 6.30. The second-order valence-corrected chi connectivity index (χ2v) is 10.5. The zero-order chi connectivity index (χ0) is 24.9. The van der Waals surface area contributed by atoms with E-state index in [1.165, 1.54) is 22.7 Å². The van der Waals surface area contributed by atoms with E-state index >= 15 is 0 Å². The Bertz CT molecular complexity index is 1310. The van der Waals surface area contributed by atoms with E-state index in [2.05, 4.69) is 10.1 Å². The molecule has 1 saturated heterocycles. The summed E-state index contributed by atoms with van der Waals surface area (Å²) in [5.74, 6) is 0.198. The molecule has 1 atom stereocenters. The van der Waals surface area contributed by atoms with Gasteiger partial charge >= 0.3 is 0 Å². The Morgan fingerprint density at radius 1 is 1.11 bits per heavy atom. The summed E-state index contributed by atoms with van der Waals surface area (Å²) in [5, 5.41) is 8.56. The van der Waals surface area contributed by atoms with Crippen molar-refractivity contribution >= 4 is 52.0 Å². The number of nitrogens with two attached hydrogens (primary N) is 1. The molecule has 5 rings (SSSR count). The maximum absolute atomic E-state index is 13.4. The number of carbonyl (C=O) groups excluding carboxylic acids is 2. The lowest BCUT2D eigenvalue weighted by atomic mass is 10.0. The van der Waals surface area contributed by atoms with Gasteiger partial charge in [0.2, 0.25) is 5.91 Å². The summed E-state index contributed by atoms with van der Waals surface area (Å²) < 4.78 is 5.57. The first-order valence-corrected chi connectivity index (χ1v) is 13.7. The van der Waals surface area contributed by atoms with Gasteiger partial charge in [-0.2, -0.15) is 0 Å². The number of benzene rings is 1. The standard InChI is InChI=1S/C26H27N5O3S2.ClH/c27-24(32)21-10-4-5-12-30(21)13-7-14-31(25(33)23-11-6-15-35-23)26-28-20(17-36-26)22-16-19(29-34-22)18-8-2-1-3-9-18;/h1-3,6,8-9,11,15-17,21H,4-5,7,10,12-14H2,(H2,27,32);1H/t21-;/m0./s1. The fourth-order valence-corrected chi connectivity index (χ4v) is 5.98. The molecule has 0 aliphatic carbocycles. The van der Waals surface area contributed by atoms with Crippen molar-refractivity contribution in [3.63, 3.8) is 0 Å². The van der Waals surface area contributed by atoms with Crippen LogP contribution in [0.1, 0.15) is 35.4 Å². The number of thiazole rings is 1. The Morgan fingerprint density at radius 2 is 1.95 bits per heavy atom. The topological polar surface area (TPSA) is 106 Å². The molecule has 0 spiro atoms. The third-order valence-corrected chi connectivity index (χ3v) is 8.02. The molecule has 11 heteroatoms. The van der Waals surface area contributed by atoms with Gasteiger partial charge in [0.25, 0.3) is 5.91 Å². The van der Waals surface area contributed by atoms with E-state index in [0.717, 1.165) is 37.1 Å². The van der Waals surface area contributed by atoms with E-state index in [4.69, 9.17) is 15.2 Å². The van der Waals surface area contributed by atoms with Crippen LogP contribution in [0.3, 0.4) is 0 Å². The van der Waals surface area contributed by atoms with Gasteiger partial charge in [-0.05, 0) is 37.3 Å². The van der Waals surface area contributed by atoms with Crippen molar-refractivity contribution < 1.29 is 14.1 Å². The van der Waals surface area contributed by atoms with E-state index in [0.29, 0.717) is 41.0 Å². The van der Waals surface area contributed by atoms with Crippen LogP contribution in [0.15, 0.2) is 63.8 Å². The van der Waals surface area contributed by atoms with E-state index in [-0.39, 0.29) is 30.3 Å². The lowest BCUT2D eigenvalue weighted by Crippen LogP contribution is -2.48. The fourth-order valence-electron chi connectivity index (χ4n) is 4.47. The fraction of sp³-hybridized carbons (Fsp3) is 0.308. The number of amides is 2. The predicted molar refractivity (Wildman–Crippen MR) is 149 cm³/mol. The average Bonchev–Trinajstić information content (AvgIpc) is 3.68. The number of carbonyl (C=O) groups is 2. The van der Waals surface area contributed by atoms with Crippen molar-refractivity contribution in [2.75, 3.05) is 24.5 Å². The van der Waals surface area contributed by atoms with Crippen molar-refractivity contribution in [3.05, 3.63) is 64.2 Å². The largest absolute Gasteiger partial charge is 0.368 e. The molecule has 1 aliphatic heterocycles. The van der Waals surface area contributed by atoms with E-state index in [1.54, 1.807) is 4.90 Å². The van der Waals surface area contributed by atoms with Crippen molar-refractivity contribution in [2.45, 2.75) is 31.7 Å². The van der Waals surface area contributed by atoms with Gasteiger partial charge in [-0.1, -0.05) is 48.0 Å². The van der Waals surface area contributed by atoms with Crippen LogP contribution in [-0.2, 0) is 4.79 Å². The number of aromatic nitrogens is 2. The SMILES string of the molecule is Cl.NC(=O)[C@@H]1CCCCN1CCCN(C(=O)c1cccs1)c1nc(-c2cc(-c3ccccc3)no2)cs1. The highest BCUT2D eigenvalue weighted by atomic mass is 35.5. The zero-order valence-electron chi connectivity index (χ0n) is 20.1. The summed E-state index contributed by atoms with van der Waals surface area (Å²) in [6.07, 6.45) is 3.57. The molecule has 3 aromatic heterocycles. The number of likely N-dealkylation sites (tertiary alicyclic amines) is 1. The molecule has 0 radical (unpaired) electrons. The van der Waals surface area contributed by atoms with Crippen LogP contribution >= 0.6 is 35.1 Å². The quantitative estimate of drug-likeness (QED) is 0.298. The van der Waals surface area contributed by atoms with Crippen LogP contribution in [0.4, 0.5) is 5.13 Å². The Kier molecular flexibility index (Phi) is 9.09. The number of rotatable bonds is 9. The highest BCUT2D eigenvalue weighted by Gasteiger charge is 2.28. The molecule has 1 fully saturated rings. The van der Waals surface area contributed by atoms with Gasteiger partial charge in [0.15, 0.2) is 10.9 Å². The van der Waals surface area contributed by atoms with Crippen molar-refractivity contribution in [2.24, 2.45) is 5.73 Å². The number of piperidine rings is 1. The molecule has 1 aromatic carbocycles. The number of hydrogen-bond acceptors (Lipinski definition) is 8. The van der Waals surface area contributed by atoms with Crippen LogP contribution in [0.2, 0.25) is 0 Å². The molecule has 194 valence electrons. The molecule has 0 saturated carbocycles.